The molecule has 1 heterocycles. The van der Waals surface area contributed by atoms with Crippen molar-refractivity contribution in [1.29, 1.82) is 0 Å². The zero-order valence-electron chi connectivity index (χ0n) is 10.3. The van der Waals surface area contributed by atoms with Crippen LogP contribution in [0.4, 0.5) is 0 Å². The van der Waals surface area contributed by atoms with Gasteiger partial charge in [0.1, 0.15) is 0 Å². The van der Waals surface area contributed by atoms with Gasteiger partial charge in [0, 0.05) is 12.7 Å². The highest BCUT2D eigenvalue weighted by Crippen LogP contribution is 1.99. The topological polar surface area (TPSA) is 71.9 Å². The maximum absolute atomic E-state index is 11.8. The Morgan fingerprint density at radius 2 is 2.00 bits per heavy atom. The molecule has 0 aliphatic heterocycles. The first-order valence-corrected chi connectivity index (χ1v) is 5.91. The van der Waals surface area contributed by atoms with E-state index in [1.54, 1.807) is 0 Å². The predicted molar refractivity (Wildman–Crippen MR) is 65.5 cm³/mol. The molecule has 0 aliphatic rings. The van der Waals surface area contributed by atoms with Gasteiger partial charge in [-0.3, -0.25) is 14.2 Å². The molecule has 0 amide bonds. The molecule has 0 saturated carbocycles. The fourth-order valence-electron chi connectivity index (χ4n) is 1.66. The molecule has 0 bridgehead atoms. The number of carbonyl (C=O) groups is 1. The van der Waals surface area contributed by atoms with E-state index in [1.807, 2.05) is 0 Å². The van der Waals surface area contributed by atoms with Crippen molar-refractivity contribution in [3.05, 3.63) is 32.6 Å². The van der Waals surface area contributed by atoms with Gasteiger partial charge in [0.25, 0.3) is 5.56 Å². The van der Waals surface area contributed by atoms with E-state index in [0.717, 1.165) is 30.3 Å². The Balaban J connectivity index is 2.91. The Labute approximate surface area is 99.5 Å². The van der Waals surface area contributed by atoms with Gasteiger partial charge in [-0.05, 0) is 13.3 Å². The first-order valence-electron chi connectivity index (χ1n) is 5.91. The van der Waals surface area contributed by atoms with Crippen LogP contribution in [0.15, 0.2) is 15.8 Å². The third-order valence-electron chi connectivity index (χ3n) is 2.68. The van der Waals surface area contributed by atoms with E-state index in [2.05, 4.69) is 11.9 Å². The number of Topliss-reactive ketones (excluding diaryl/α,β-unsaturated/α-hetero) is 1. The van der Waals surface area contributed by atoms with Gasteiger partial charge in [0.15, 0.2) is 5.78 Å². The monoisotopic (exact) mass is 238 g/mol. The number of aromatic amines is 1. The molecule has 5 nitrogen and oxygen atoms in total. The van der Waals surface area contributed by atoms with E-state index < -0.39 is 11.2 Å². The first-order chi connectivity index (χ1) is 8.07. The second-order valence-electron chi connectivity index (χ2n) is 4.08. The molecular weight excluding hydrogens is 220 g/mol. The van der Waals surface area contributed by atoms with Crippen LogP contribution < -0.4 is 11.2 Å². The molecule has 94 valence electrons. The van der Waals surface area contributed by atoms with Gasteiger partial charge >= 0.3 is 5.69 Å². The van der Waals surface area contributed by atoms with E-state index in [0.29, 0.717) is 6.54 Å². The fraction of sp³-hybridized carbons (Fsp3) is 0.583. The van der Waals surface area contributed by atoms with Gasteiger partial charge in [-0.15, -0.1) is 0 Å². The molecule has 0 unspecified atom stereocenters. The molecule has 1 aromatic rings. The summed E-state index contributed by atoms with van der Waals surface area (Å²) in [6, 6.07) is 0. The van der Waals surface area contributed by atoms with E-state index in [-0.39, 0.29) is 11.3 Å². The summed E-state index contributed by atoms with van der Waals surface area (Å²) in [7, 11) is 0. The number of H-pyrrole nitrogens is 1. The van der Waals surface area contributed by atoms with Crippen LogP contribution in [0.1, 0.15) is 49.9 Å². The number of nitrogens with one attached hydrogen (secondary N) is 1. The number of unbranched alkanes of at least 4 members (excludes halogenated alkanes) is 3. The maximum Gasteiger partial charge on any atom is 0.328 e. The molecule has 0 aromatic carbocycles. The Morgan fingerprint density at radius 1 is 1.29 bits per heavy atom. The minimum atomic E-state index is -0.488. The minimum Gasteiger partial charge on any atom is -0.313 e. The number of ketones is 1. The summed E-state index contributed by atoms with van der Waals surface area (Å²) in [5, 5.41) is 0. The van der Waals surface area contributed by atoms with Crippen LogP contribution in [-0.2, 0) is 6.54 Å². The number of hydrogen-bond acceptors (Lipinski definition) is 3. The Morgan fingerprint density at radius 3 is 2.59 bits per heavy atom. The summed E-state index contributed by atoms with van der Waals surface area (Å²) in [5.74, 6) is -0.325. The fourth-order valence-corrected chi connectivity index (χ4v) is 1.66. The molecule has 0 spiro atoms. The van der Waals surface area contributed by atoms with Crippen molar-refractivity contribution in [1.82, 2.24) is 9.55 Å². The normalized spacial score (nSPS) is 10.5. The van der Waals surface area contributed by atoms with Crippen LogP contribution >= 0.6 is 0 Å². The molecular formula is C12H18N2O3. The highest BCUT2D eigenvalue weighted by molar-refractivity contribution is 5.93. The van der Waals surface area contributed by atoms with Crippen molar-refractivity contribution in [2.45, 2.75) is 46.1 Å². The number of carbonyl (C=O) groups excluding carboxylic acids is 1. The largest absolute Gasteiger partial charge is 0.328 e. The number of nitrogens with zero attached hydrogens (tertiary/aromatic N) is 1. The molecule has 1 rings (SSSR count). The van der Waals surface area contributed by atoms with Crippen molar-refractivity contribution < 1.29 is 4.79 Å². The van der Waals surface area contributed by atoms with Gasteiger partial charge in [-0.2, -0.15) is 0 Å². The minimum absolute atomic E-state index is 0.0418. The second-order valence-corrected chi connectivity index (χ2v) is 4.08. The SMILES string of the molecule is CCCCCCn1c(=O)[nH]cc(C(C)=O)c1=O. The van der Waals surface area contributed by atoms with Crippen LogP contribution in [0, 0.1) is 0 Å². The molecule has 5 heteroatoms. The van der Waals surface area contributed by atoms with Gasteiger partial charge in [0.05, 0.1) is 5.56 Å². The summed E-state index contributed by atoms with van der Waals surface area (Å²) >= 11 is 0. The quantitative estimate of drug-likeness (QED) is 0.600. The Bertz CT molecular complexity index is 499. The van der Waals surface area contributed by atoms with Crippen molar-refractivity contribution in [3.8, 4) is 0 Å². The zero-order valence-corrected chi connectivity index (χ0v) is 10.3. The van der Waals surface area contributed by atoms with Gasteiger partial charge in [-0.1, -0.05) is 26.2 Å². The molecule has 17 heavy (non-hydrogen) atoms. The van der Waals surface area contributed by atoms with Crippen molar-refractivity contribution in [2.75, 3.05) is 0 Å². The molecule has 0 fully saturated rings. The van der Waals surface area contributed by atoms with E-state index in [1.165, 1.54) is 13.1 Å². The van der Waals surface area contributed by atoms with E-state index in [4.69, 9.17) is 0 Å². The lowest BCUT2D eigenvalue weighted by molar-refractivity contribution is 0.101. The van der Waals surface area contributed by atoms with E-state index in [9.17, 15) is 14.4 Å². The van der Waals surface area contributed by atoms with Crippen LogP contribution in [0.5, 0.6) is 0 Å². The zero-order chi connectivity index (χ0) is 12.8. The van der Waals surface area contributed by atoms with Crippen LogP contribution in [0.3, 0.4) is 0 Å². The van der Waals surface area contributed by atoms with Crippen molar-refractivity contribution >= 4 is 5.78 Å². The Hall–Kier alpha value is -1.65. The summed E-state index contributed by atoms with van der Waals surface area (Å²) in [6.07, 6.45) is 5.12. The number of hydrogen-bond donors (Lipinski definition) is 1. The van der Waals surface area contributed by atoms with Gasteiger partial charge < -0.3 is 4.98 Å². The molecule has 0 radical (unpaired) electrons. The lowest BCUT2D eigenvalue weighted by Gasteiger charge is -2.05. The summed E-state index contributed by atoms with van der Waals surface area (Å²) < 4.78 is 1.10. The van der Waals surface area contributed by atoms with Crippen molar-refractivity contribution in [3.63, 3.8) is 0 Å². The highest BCUT2D eigenvalue weighted by Gasteiger charge is 2.10. The maximum atomic E-state index is 11.8. The highest BCUT2D eigenvalue weighted by atomic mass is 16.2. The third-order valence-corrected chi connectivity index (χ3v) is 2.68. The molecule has 1 aromatic heterocycles. The number of rotatable bonds is 6. The van der Waals surface area contributed by atoms with Crippen LogP contribution in [-0.4, -0.2) is 15.3 Å². The van der Waals surface area contributed by atoms with Crippen LogP contribution in [0.25, 0.3) is 0 Å². The molecule has 0 atom stereocenters. The smallest absolute Gasteiger partial charge is 0.313 e. The molecule has 0 aliphatic carbocycles. The Kier molecular flexibility index (Phi) is 4.87. The second kappa shape index (κ2) is 6.18. The summed E-state index contributed by atoms with van der Waals surface area (Å²) in [5.41, 5.74) is -0.894. The number of aromatic nitrogens is 2. The van der Waals surface area contributed by atoms with Gasteiger partial charge in [-0.25, -0.2) is 4.79 Å². The molecule has 1 N–H and O–H groups in total. The summed E-state index contributed by atoms with van der Waals surface area (Å²) in [6.45, 7) is 3.78. The third kappa shape index (κ3) is 3.41. The average molecular weight is 238 g/mol. The van der Waals surface area contributed by atoms with Crippen LogP contribution in [0.2, 0.25) is 0 Å². The lowest BCUT2D eigenvalue weighted by Crippen LogP contribution is -2.37. The van der Waals surface area contributed by atoms with Gasteiger partial charge in [0.2, 0.25) is 0 Å². The molecule has 0 saturated heterocycles. The standard InChI is InChI=1S/C12H18N2O3/c1-3-4-5-6-7-14-11(16)10(9(2)15)8-13-12(14)17/h8H,3-7H2,1-2H3,(H,13,17). The lowest BCUT2D eigenvalue weighted by atomic mass is 10.2. The van der Waals surface area contributed by atoms with E-state index >= 15 is 0 Å². The van der Waals surface area contributed by atoms with Crippen molar-refractivity contribution in [2.24, 2.45) is 0 Å². The average Bonchev–Trinajstić information content (AvgIpc) is 2.27. The first kappa shape index (κ1) is 13.4. The predicted octanol–water partition coefficient (Wildman–Crippen LogP) is 1.32. The summed E-state index contributed by atoms with van der Waals surface area (Å²) in [4.78, 5) is 36.9.